The topological polar surface area (TPSA) is 82.8 Å². The molecule has 0 fully saturated rings. The van der Waals surface area contributed by atoms with E-state index in [1.54, 1.807) is 30.6 Å². The monoisotopic (exact) mass is 435 g/mol. The SMILES string of the molecule is CCc1nc2c(C)cc(C)nc2n1Cc1ncc(-c2cc(Cl)ccc2C(=O)OC)cn1. The molecular formula is C23H22ClN5O2. The number of esters is 1. The van der Waals surface area contributed by atoms with Gasteiger partial charge in [0.2, 0.25) is 0 Å². The summed E-state index contributed by atoms with van der Waals surface area (Å²) in [6.07, 6.45) is 4.15. The highest BCUT2D eigenvalue weighted by molar-refractivity contribution is 6.31. The smallest absolute Gasteiger partial charge is 0.338 e. The maximum Gasteiger partial charge on any atom is 0.338 e. The number of rotatable bonds is 5. The highest BCUT2D eigenvalue weighted by Gasteiger charge is 2.17. The summed E-state index contributed by atoms with van der Waals surface area (Å²) in [5.74, 6) is 1.12. The van der Waals surface area contributed by atoms with E-state index in [4.69, 9.17) is 26.3 Å². The summed E-state index contributed by atoms with van der Waals surface area (Å²) in [6, 6.07) is 7.04. The normalized spacial score (nSPS) is 11.1. The van der Waals surface area contributed by atoms with Gasteiger partial charge in [0.05, 0.1) is 19.2 Å². The number of methoxy groups -OCH3 is 1. The first kappa shape index (κ1) is 20.9. The molecule has 0 saturated carbocycles. The minimum atomic E-state index is -0.440. The second kappa shape index (κ2) is 8.43. The van der Waals surface area contributed by atoms with Crippen LogP contribution >= 0.6 is 11.6 Å². The molecule has 158 valence electrons. The Labute approximate surface area is 185 Å². The Hall–Kier alpha value is -3.32. The third-order valence-electron chi connectivity index (χ3n) is 5.12. The van der Waals surface area contributed by atoms with E-state index < -0.39 is 5.97 Å². The largest absolute Gasteiger partial charge is 0.465 e. The molecule has 0 unspecified atom stereocenters. The number of carbonyl (C=O) groups excluding carboxylic acids is 1. The first-order valence-corrected chi connectivity index (χ1v) is 10.3. The van der Waals surface area contributed by atoms with E-state index >= 15 is 0 Å². The van der Waals surface area contributed by atoms with Gasteiger partial charge in [-0.3, -0.25) is 0 Å². The summed E-state index contributed by atoms with van der Waals surface area (Å²) in [4.78, 5) is 30.6. The standard InChI is InChI=1S/C23H22ClN5O2/c1-5-20-28-21-13(2)8-14(3)27-22(21)29(20)12-19-25-10-15(11-26-19)18-9-16(24)6-7-17(18)23(30)31-4/h6-11H,5,12H2,1-4H3. The number of imidazole rings is 1. The Morgan fingerprint density at radius 1 is 1.13 bits per heavy atom. The van der Waals surface area contributed by atoms with Gasteiger partial charge in [-0.15, -0.1) is 0 Å². The number of halogens is 1. The van der Waals surface area contributed by atoms with Gasteiger partial charge in [-0.25, -0.2) is 24.7 Å². The molecule has 1 aromatic carbocycles. The Bertz CT molecular complexity index is 1280. The molecular weight excluding hydrogens is 414 g/mol. The van der Waals surface area contributed by atoms with Crippen molar-refractivity contribution in [3.05, 3.63) is 70.2 Å². The lowest BCUT2D eigenvalue weighted by Crippen LogP contribution is -2.09. The van der Waals surface area contributed by atoms with Crippen LogP contribution in [0.2, 0.25) is 5.02 Å². The zero-order chi connectivity index (χ0) is 22.1. The van der Waals surface area contributed by atoms with Gasteiger partial charge in [0.1, 0.15) is 17.2 Å². The van der Waals surface area contributed by atoms with Gasteiger partial charge in [-0.05, 0) is 43.7 Å². The van der Waals surface area contributed by atoms with Crippen LogP contribution in [0.25, 0.3) is 22.3 Å². The van der Waals surface area contributed by atoms with Gasteiger partial charge in [0, 0.05) is 40.7 Å². The van der Waals surface area contributed by atoms with Crippen LogP contribution in [0.5, 0.6) is 0 Å². The van der Waals surface area contributed by atoms with Crippen LogP contribution in [0.15, 0.2) is 36.7 Å². The third kappa shape index (κ3) is 4.01. The van der Waals surface area contributed by atoms with Gasteiger partial charge in [0.15, 0.2) is 5.65 Å². The van der Waals surface area contributed by atoms with Gasteiger partial charge in [-0.2, -0.15) is 0 Å². The third-order valence-corrected chi connectivity index (χ3v) is 5.36. The number of fused-ring (bicyclic) bond motifs is 1. The molecule has 0 aliphatic carbocycles. The lowest BCUT2D eigenvalue weighted by molar-refractivity contribution is 0.0601. The highest BCUT2D eigenvalue weighted by atomic mass is 35.5. The Morgan fingerprint density at radius 2 is 1.87 bits per heavy atom. The van der Waals surface area contributed by atoms with Crippen molar-refractivity contribution in [2.75, 3.05) is 7.11 Å². The molecule has 0 N–H and O–H groups in total. The molecule has 3 heterocycles. The number of aryl methyl sites for hydroxylation is 3. The van der Waals surface area contributed by atoms with Gasteiger partial charge >= 0.3 is 5.97 Å². The second-order valence-electron chi connectivity index (χ2n) is 7.29. The van der Waals surface area contributed by atoms with Crippen molar-refractivity contribution in [1.82, 2.24) is 24.5 Å². The molecule has 0 radical (unpaired) electrons. The van der Waals surface area contributed by atoms with Crippen molar-refractivity contribution in [3.63, 3.8) is 0 Å². The zero-order valence-electron chi connectivity index (χ0n) is 17.8. The summed E-state index contributed by atoms with van der Waals surface area (Å²) >= 11 is 6.14. The second-order valence-corrected chi connectivity index (χ2v) is 7.73. The fourth-order valence-electron chi connectivity index (χ4n) is 3.64. The van der Waals surface area contributed by atoms with E-state index in [9.17, 15) is 4.79 Å². The van der Waals surface area contributed by atoms with E-state index in [-0.39, 0.29) is 0 Å². The minimum Gasteiger partial charge on any atom is -0.465 e. The number of aromatic nitrogens is 5. The molecule has 0 atom stereocenters. The molecule has 0 amide bonds. The lowest BCUT2D eigenvalue weighted by Gasteiger charge is -2.10. The number of carbonyl (C=O) groups is 1. The van der Waals surface area contributed by atoms with Crippen LogP contribution in [0.4, 0.5) is 0 Å². The summed E-state index contributed by atoms with van der Waals surface area (Å²) in [5, 5.41) is 0.515. The van der Waals surface area contributed by atoms with Crippen LogP contribution in [0.1, 0.15) is 40.2 Å². The Balaban J connectivity index is 1.71. The molecule has 0 aliphatic heterocycles. The maximum absolute atomic E-state index is 12.1. The van der Waals surface area contributed by atoms with E-state index in [0.29, 0.717) is 34.1 Å². The minimum absolute atomic E-state index is 0.410. The van der Waals surface area contributed by atoms with Crippen molar-refractivity contribution in [2.24, 2.45) is 0 Å². The van der Waals surface area contributed by atoms with E-state index in [0.717, 1.165) is 34.7 Å². The molecule has 8 heteroatoms. The number of ether oxygens (including phenoxy) is 1. The number of hydrogen-bond acceptors (Lipinski definition) is 6. The van der Waals surface area contributed by atoms with E-state index in [2.05, 4.69) is 21.5 Å². The molecule has 0 aliphatic rings. The lowest BCUT2D eigenvalue weighted by atomic mass is 10.0. The molecule has 4 aromatic rings. The van der Waals surface area contributed by atoms with Crippen molar-refractivity contribution >= 4 is 28.7 Å². The quantitative estimate of drug-likeness (QED) is 0.427. The van der Waals surface area contributed by atoms with Crippen LogP contribution in [0.3, 0.4) is 0 Å². The van der Waals surface area contributed by atoms with Crippen LogP contribution in [0, 0.1) is 13.8 Å². The molecule has 3 aromatic heterocycles. The average molecular weight is 436 g/mol. The fourth-order valence-corrected chi connectivity index (χ4v) is 3.82. The van der Waals surface area contributed by atoms with Crippen molar-refractivity contribution in [1.29, 1.82) is 0 Å². The molecule has 0 saturated heterocycles. The maximum atomic E-state index is 12.1. The first-order chi connectivity index (χ1) is 14.9. The van der Waals surface area contributed by atoms with Crippen molar-refractivity contribution < 1.29 is 9.53 Å². The van der Waals surface area contributed by atoms with Gasteiger partial charge in [0.25, 0.3) is 0 Å². The Morgan fingerprint density at radius 3 is 2.55 bits per heavy atom. The van der Waals surface area contributed by atoms with Gasteiger partial charge in [-0.1, -0.05) is 18.5 Å². The first-order valence-electron chi connectivity index (χ1n) is 9.93. The summed E-state index contributed by atoms with van der Waals surface area (Å²) in [5.41, 5.74) is 5.51. The number of benzene rings is 1. The molecule has 4 rings (SSSR count). The summed E-state index contributed by atoms with van der Waals surface area (Å²) < 4.78 is 6.94. The number of hydrogen-bond donors (Lipinski definition) is 0. The van der Waals surface area contributed by atoms with Crippen LogP contribution in [-0.4, -0.2) is 37.6 Å². The van der Waals surface area contributed by atoms with Gasteiger partial charge < -0.3 is 9.30 Å². The van der Waals surface area contributed by atoms with E-state index in [1.165, 1.54) is 7.11 Å². The predicted molar refractivity (Wildman–Crippen MR) is 119 cm³/mol. The number of pyridine rings is 1. The average Bonchev–Trinajstić information content (AvgIpc) is 3.11. The zero-order valence-corrected chi connectivity index (χ0v) is 18.6. The Kier molecular flexibility index (Phi) is 5.69. The molecule has 31 heavy (non-hydrogen) atoms. The number of nitrogens with zero attached hydrogens (tertiary/aromatic N) is 5. The summed E-state index contributed by atoms with van der Waals surface area (Å²) in [6.45, 7) is 6.54. The van der Waals surface area contributed by atoms with Crippen molar-refractivity contribution in [2.45, 2.75) is 33.7 Å². The fraction of sp³-hybridized carbons (Fsp3) is 0.261. The van der Waals surface area contributed by atoms with E-state index in [1.807, 2.05) is 19.9 Å². The van der Waals surface area contributed by atoms with Crippen LogP contribution < -0.4 is 0 Å². The molecule has 0 bridgehead atoms. The summed E-state index contributed by atoms with van der Waals surface area (Å²) in [7, 11) is 1.35. The molecule has 7 nitrogen and oxygen atoms in total. The highest BCUT2D eigenvalue weighted by Crippen LogP contribution is 2.27. The van der Waals surface area contributed by atoms with Crippen LogP contribution in [-0.2, 0) is 17.7 Å². The molecule has 0 spiro atoms. The van der Waals surface area contributed by atoms with Crippen molar-refractivity contribution in [3.8, 4) is 11.1 Å². The predicted octanol–water partition coefficient (Wildman–Crippen LogP) is 4.56.